The van der Waals surface area contributed by atoms with E-state index in [9.17, 15) is 13.2 Å². The Morgan fingerprint density at radius 3 is 2.11 bits per heavy atom. The summed E-state index contributed by atoms with van der Waals surface area (Å²) in [5.74, 6) is -1.02. The molecule has 1 aromatic carbocycles. The van der Waals surface area contributed by atoms with Gasteiger partial charge in [-0.2, -0.15) is 0 Å². The molecule has 0 radical (unpaired) electrons. The quantitative estimate of drug-likeness (QED) is 0.0892. The van der Waals surface area contributed by atoms with Gasteiger partial charge in [-0.1, -0.05) is 72.5 Å². The van der Waals surface area contributed by atoms with Gasteiger partial charge in [0.2, 0.25) is 0 Å². The summed E-state index contributed by atoms with van der Waals surface area (Å²) in [6, 6.07) is 9.19. The molecule has 3 atom stereocenters. The summed E-state index contributed by atoms with van der Waals surface area (Å²) in [5, 5.41) is -1.25. The van der Waals surface area contributed by atoms with Crippen molar-refractivity contribution in [3.05, 3.63) is 42.0 Å². The molecule has 0 aliphatic heterocycles. The topological polar surface area (TPSA) is 78.9 Å². The van der Waals surface area contributed by atoms with E-state index in [1.807, 2.05) is 13.8 Å². The van der Waals surface area contributed by atoms with Crippen molar-refractivity contribution < 1.29 is 27.1 Å². The lowest BCUT2D eigenvalue weighted by Gasteiger charge is -2.39. The third kappa shape index (κ3) is 10.8. The number of carbonyl (C=O) groups is 1. The molecule has 1 aromatic rings. The van der Waals surface area contributed by atoms with E-state index in [0.717, 1.165) is 11.6 Å². The molecule has 0 saturated carbocycles. The average molecular weight is 585 g/mol. The molecule has 0 fully saturated rings. The molecule has 0 aliphatic carbocycles. The van der Waals surface area contributed by atoms with Crippen LogP contribution in [0.5, 0.6) is 0 Å². The molecule has 218 valence electrons. The minimum absolute atomic E-state index is 0.0207. The van der Waals surface area contributed by atoms with Crippen molar-refractivity contribution in [2.75, 3.05) is 20.0 Å². The van der Waals surface area contributed by atoms with Gasteiger partial charge in [0.25, 0.3) is 0 Å². The lowest BCUT2D eigenvalue weighted by atomic mass is 10.0. The van der Waals surface area contributed by atoms with Crippen molar-refractivity contribution in [1.82, 2.24) is 0 Å². The maximum absolute atomic E-state index is 13.7. The van der Waals surface area contributed by atoms with Crippen molar-refractivity contribution in [2.45, 2.75) is 108 Å². The summed E-state index contributed by atoms with van der Waals surface area (Å²) in [6.45, 7) is 24.1. The number of carbonyl (C=O) groups excluding carboxylic acids is 1. The first-order chi connectivity index (χ1) is 17.3. The number of hydrogen-bond acceptors (Lipinski definition) is 6. The van der Waals surface area contributed by atoms with E-state index in [4.69, 9.17) is 13.9 Å². The van der Waals surface area contributed by atoms with Crippen molar-refractivity contribution in [1.29, 1.82) is 0 Å². The van der Waals surface area contributed by atoms with Crippen LogP contribution in [0.2, 0.25) is 43.8 Å². The van der Waals surface area contributed by atoms with E-state index in [0.29, 0.717) is 13.0 Å². The van der Waals surface area contributed by atoms with Crippen LogP contribution in [0.25, 0.3) is 0 Å². The Hall–Kier alpha value is -1.11. The second kappa shape index (κ2) is 14.5. The fourth-order valence-electron chi connectivity index (χ4n) is 3.74. The van der Waals surface area contributed by atoms with Crippen molar-refractivity contribution in [2.24, 2.45) is 5.92 Å². The standard InChI is InChI=1S/C29H52O6SSi2/c1-12-27(35-38(10,11)29(4,5)6)23(2)20-26(30)28(36(31,32)25-16-14-13-15-17-25)24(3)21-34-22-33-18-19-37(7,8)9/h13-17,20,24,27-28H,12,18-19,21-22H2,1-11H3/b23-20+/t24-,27-,28?/m1/s1. The van der Waals surface area contributed by atoms with Gasteiger partial charge >= 0.3 is 0 Å². The number of rotatable bonds is 16. The highest BCUT2D eigenvalue weighted by atomic mass is 32.2. The van der Waals surface area contributed by atoms with E-state index in [1.54, 1.807) is 25.1 Å². The van der Waals surface area contributed by atoms with Gasteiger partial charge in [-0.25, -0.2) is 8.42 Å². The van der Waals surface area contributed by atoms with Crippen LogP contribution in [-0.4, -0.2) is 62.0 Å². The van der Waals surface area contributed by atoms with E-state index >= 15 is 0 Å². The number of benzene rings is 1. The summed E-state index contributed by atoms with van der Waals surface area (Å²) in [7, 11) is -7.24. The lowest BCUT2D eigenvalue weighted by Crippen LogP contribution is -2.44. The zero-order valence-electron chi connectivity index (χ0n) is 25.6. The maximum Gasteiger partial charge on any atom is 0.192 e. The predicted molar refractivity (Wildman–Crippen MR) is 163 cm³/mol. The summed E-state index contributed by atoms with van der Waals surface area (Å²) in [6.07, 6.45) is 1.94. The SMILES string of the molecule is CC[C@@H](O[Si](C)(C)C(C)(C)C)/C(C)=C/C(=O)C([C@H](C)COCOCC[Si](C)(C)C)S(=O)(=O)c1ccccc1. The van der Waals surface area contributed by atoms with Gasteiger partial charge in [0, 0.05) is 20.6 Å². The van der Waals surface area contributed by atoms with Crippen molar-refractivity contribution in [3.8, 4) is 0 Å². The zero-order chi connectivity index (χ0) is 29.4. The molecule has 38 heavy (non-hydrogen) atoms. The molecular formula is C29H52O6SSi2. The highest BCUT2D eigenvalue weighted by Crippen LogP contribution is 2.38. The summed E-state index contributed by atoms with van der Waals surface area (Å²) < 4.78 is 45.2. The zero-order valence-corrected chi connectivity index (χ0v) is 28.4. The van der Waals surface area contributed by atoms with Crippen LogP contribution in [0.15, 0.2) is 46.9 Å². The smallest absolute Gasteiger partial charge is 0.192 e. The minimum Gasteiger partial charge on any atom is -0.410 e. The van der Waals surface area contributed by atoms with E-state index in [1.165, 1.54) is 18.2 Å². The Labute approximate surface area is 234 Å². The van der Waals surface area contributed by atoms with Crippen molar-refractivity contribution >= 4 is 32.0 Å². The Morgan fingerprint density at radius 2 is 1.61 bits per heavy atom. The third-order valence-electron chi connectivity index (χ3n) is 7.24. The van der Waals surface area contributed by atoms with E-state index in [-0.39, 0.29) is 29.4 Å². The second-order valence-electron chi connectivity index (χ2n) is 13.0. The first-order valence-corrected chi connectivity index (χ1v) is 21.8. The van der Waals surface area contributed by atoms with Crippen LogP contribution in [0.4, 0.5) is 0 Å². The van der Waals surface area contributed by atoms with E-state index in [2.05, 4.69) is 53.5 Å². The number of ether oxygens (including phenoxy) is 2. The van der Waals surface area contributed by atoms with Crippen LogP contribution in [0.3, 0.4) is 0 Å². The normalized spacial score (nSPS) is 16.2. The molecule has 0 amide bonds. The fourth-order valence-corrected chi connectivity index (χ4v) is 7.81. The predicted octanol–water partition coefficient (Wildman–Crippen LogP) is 7.11. The second-order valence-corrected chi connectivity index (χ2v) is 25.5. The molecule has 1 rings (SSSR count). The first-order valence-electron chi connectivity index (χ1n) is 13.7. The molecular weight excluding hydrogens is 533 g/mol. The monoisotopic (exact) mass is 584 g/mol. The highest BCUT2D eigenvalue weighted by Gasteiger charge is 2.40. The molecule has 9 heteroatoms. The molecule has 0 spiro atoms. The molecule has 0 aromatic heterocycles. The van der Waals surface area contributed by atoms with Crippen LogP contribution in [0, 0.1) is 5.92 Å². The van der Waals surface area contributed by atoms with Gasteiger partial charge in [0.15, 0.2) is 23.9 Å². The third-order valence-corrected chi connectivity index (χ3v) is 15.7. The highest BCUT2D eigenvalue weighted by molar-refractivity contribution is 7.92. The molecule has 6 nitrogen and oxygen atoms in total. The Balaban J connectivity index is 3.16. The number of ketones is 1. The largest absolute Gasteiger partial charge is 0.410 e. The van der Waals surface area contributed by atoms with Crippen LogP contribution in [0.1, 0.15) is 48.0 Å². The summed E-state index contributed by atoms with van der Waals surface area (Å²) >= 11 is 0. The van der Waals surface area contributed by atoms with Crippen LogP contribution in [-0.2, 0) is 28.5 Å². The van der Waals surface area contributed by atoms with Gasteiger partial charge in [0.05, 0.1) is 17.6 Å². The molecule has 0 bridgehead atoms. The number of hydrogen-bond donors (Lipinski definition) is 0. The average Bonchev–Trinajstić information content (AvgIpc) is 2.78. The van der Waals surface area contributed by atoms with Gasteiger partial charge < -0.3 is 13.9 Å². The lowest BCUT2D eigenvalue weighted by molar-refractivity contribution is -0.116. The maximum atomic E-state index is 13.7. The van der Waals surface area contributed by atoms with Crippen LogP contribution >= 0.6 is 0 Å². The van der Waals surface area contributed by atoms with Crippen LogP contribution < -0.4 is 0 Å². The Bertz CT molecular complexity index is 1010. The fraction of sp³-hybridized carbons (Fsp3) is 0.690. The van der Waals surface area contributed by atoms with Crippen molar-refractivity contribution in [3.63, 3.8) is 0 Å². The number of allylic oxidation sites excluding steroid dienone is 1. The molecule has 1 unspecified atom stereocenters. The Kier molecular flexibility index (Phi) is 13.3. The molecule has 0 aliphatic rings. The van der Waals surface area contributed by atoms with Gasteiger partial charge in [-0.3, -0.25) is 4.79 Å². The molecule has 0 heterocycles. The van der Waals surface area contributed by atoms with Gasteiger partial charge in [0.1, 0.15) is 12.0 Å². The minimum atomic E-state index is -3.94. The first kappa shape index (κ1) is 34.9. The van der Waals surface area contributed by atoms with Gasteiger partial charge in [-0.15, -0.1) is 0 Å². The Morgan fingerprint density at radius 1 is 1.03 bits per heavy atom. The molecule has 0 N–H and O–H groups in total. The van der Waals surface area contributed by atoms with E-state index < -0.39 is 43.2 Å². The number of sulfone groups is 1. The van der Waals surface area contributed by atoms with Gasteiger partial charge in [-0.05, 0) is 61.3 Å². The molecule has 0 saturated heterocycles. The summed E-state index contributed by atoms with van der Waals surface area (Å²) in [4.78, 5) is 13.8. The summed E-state index contributed by atoms with van der Waals surface area (Å²) in [5.41, 5.74) is 0.749.